The molecule has 0 aliphatic heterocycles. The molecule has 0 N–H and O–H groups in total. The van der Waals surface area contributed by atoms with Crippen LogP contribution in [0.3, 0.4) is 0 Å². The Bertz CT molecular complexity index is 3030. The van der Waals surface area contributed by atoms with Gasteiger partial charge in [-0.15, -0.1) is 22.7 Å². The minimum Gasteiger partial charge on any atom is -0.309 e. The van der Waals surface area contributed by atoms with Crippen LogP contribution in [0.15, 0.2) is 146 Å². The van der Waals surface area contributed by atoms with E-state index in [0.29, 0.717) is 5.82 Å². The average Bonchev–Trinajstić information content (AvgIpc) is 3.88. The number of benzene rings is 6. The van der Waals surface area contributed by atoms with E-state index in [2.05, 4.69) is 132 Å². The van der Waals surface area contributed by atoms with Gasteiger partial charge in [-0.2, -0.15) is 0 Å². The van der Waals surface area contributed by atoms with Crippen molar-refractivity contribution in [2.45, 2.75) is 12.8 Å². The molecular formula is C45H28N4S2. The van der Waals surface area contributed by atoms with Gasteiger partial charge < -0.3 is 4.57 Å². The van der Waals surface area contributed by atoms with E-state index in [1.54, 1.807) is 0 Å². The number of para-hydroxylation sites is 2. The molecule has 0 atom stereocenters. The summed E-state index contributed by atoms with van der Waals surface area (Å²) < 4.78 is 7.54. The highest BCUT2D eigenvalue weighted by atomic mass is 32.1. The summed E-state index contributed by atoms with van der Waals surface area (Å²) >= 11 is 3.75. The van der Waals surface area contributed by atoms with Gasteiger partial charge in [0.15, 0.2) is 17.5 Å². The number of allylic oxidation sites excluding steroid dienone is 4. The van der Waals surface area contributed by atoms with Crippen molar-refractivity contribution in [3.8, 4) is 28.5 Å². The first-order chi connectivity index (χ1) is 25.3. The molecule has 0 bridgehead atoms. The van der Waals surface area contributed by atoms with Crippen LogP contribution in [0.1, 0.15) is 18.7 Å². The molecule has 1 aliphatic rings. The molecule has 0 spiro atoms. The number of hydrogen-bond acceptors (Lipinski definition) is 5. The van der Waals surface area contributed by atoms with Crippen LogP contribution >= 0.6 is 22.7 Å². The summed E-state index contributed by atoms with van der Waals surface area (Å²) in [6, 6.07) is 45.8. The number of rotatable bonds is 4. The second-order valence-corrected chi connectivity index (χ2v) is 15.2. The second-order valence-electron chi connectivity index (χ2n) is 13.1. The molecule has 4 aromatic heterocycles. The van der Waals surface area contributed by atoms with Gasteiger partial charge in [0.05, 0.1) is 20.4 Å². The van der Waals surface area contributed by atoms with Gasteiger partial charge in [-0.25, -0.2) is 15.0 Å². The molecule has 0 saturated carbocycles. The van der Waals surface area contributed by atoms with Gasteiger partial charge in [0, 0.05) is 58.5 Å². The maximum Gasteiger partial charge on any atom is 0.165 e. The van der Waals surface area contributed by atoms with Crippen LogP contribution in [0.4, 0.5) is 0 Å². The zero-order valence-electron chi connectivity index (χ0n) is 27.4. The highest BCUT2D eigenvalue weighted by Gasteiger charge is 2.20. The second kappa shape index (κ2) is 11.3. The molecule has 11 rings (SSSR count). The van der Waals surface area contributed by atoms with E-state index in [0.717, 1.165) is 41.2 Å². The summed E-state index contributed by atoms with van der Waals surface area (Å²) in [5.74, 6) is 2.18. The first-order valence-electron chi connectivity index (χ1n) is 17.3. The van der Waals surface area contributed by atoms with Crippen molar-refractivity contribution in [1.82, 2.24) is 19.5 Å². The lowest BCUT2D eigenvalue weighted by Gasteiger charge is -2.12. The Morgan fingerprint density at radius 1 is 0.510 bits per heavy atom. The van der Waals surface area contributed by atoms with Crippen molar-refractivity contribution in [1.29, 1.82) is 0 Å². The SMILES string of the molecule is C1=CCCC(c2nc(-c3ccccc3)nc(-c3cccc4c3sc3c4ccc4c5ccc(-n6c7ccccc7c7ccccc76)cc5sc43)n2)=C1. The Labute approximate surface area is 301 Å². The average molecular weight is 689 g/mol. The number of nitrogens with zero attached hydrogens (tertiary/aromatic N) is 4. The molecule has 0 amide bonds. The molecule has 240 valence electrons. The van der Waals surface area contributed by atoms with Gasteiger partial charge >= 0.3 is 0 Å². The topological polar surface area (TPSA) is 43.6 Å². The van der Waals surface area contributed by atoms with Gasteiger partial charge in [-0.1, -0.05) is 115 Å². The van der Waals surface area contributed by atoms with Gasteiger partial charge in [0.25, 0.3) is 0 Å². The molecular weight excluding hydrogens is 661 g/mol. The molecule has 0 fully saturated rings. The fourth-order valence-electron chi connectivity index (χ4n) is 7.74. The first kappa shape index (κ1) is 28.8. The summed E-state index contributed by atoms with van der Waals surface area (Å²) in [5.41, 5.74) is 6.83. The van der Waals surface area contributed by atoms with Crippen molar-refractivity contribution in [3.63, 3.8) is 0 Å². The van der Waals surface area contributed by atoms with Gasteiger partial charge in [-0.3, -0.25) is 0 Å². The maximum atomic E-state index is 5.13. The molecule has 4 heterocycles. The molecule has 0 radical (unpaired) electrons. The van der Waals surface area contributed by atoms with Crippen LogP contribution in [0, 0.1) is 0 Å². The zero-order chi connectivity index (χ0) is 33.5. The number of aromatic nitrogens is 4. The van der Waals surface area contributed by atoms with Crippen LogP contribution in [0.25, 0.3) is 96.2 Å². The van der Waals surface area contributed by atoms with E-state index >= 15 is 0 Å². The third-order valence-corrected chi connectivity index (χ3v) is 12.7. The molecule has 0 saturated heterocycles. The quantitative estimate of drug-likeness (QED) is 0.185. The summed E-state index contributed by atoms with van der Waals surface area (Å²) in [5, 5.41) is 7.66. The zero-order valence-corrected chi connectivity index (χ0v) is 29.0. The predicted octanol–water partition coefficient (Wildman–Crippen LogP) is 12.8. The van der Waals surface area contributed by atoms with Crippen molar-refractivity contribution in [2.75, 3.05) is 0 Å². The van der Waals surface area contributed by atoms with Gasteiger partial charge in [0.2, 0.25) is 0 Å². The largest absolute Gasteiger partial charge is 0.309 e. The third-order valence-electron chi connectivity index (χ3n) is 10.1. The Hall–Kier alpha value is -5.95. The smallest absolute Gasteiger partial charge is 0.165 e. The van der Waals surface area contributed by atoms with E-state index in [-0.39, 0.29) is 0 Å². The molecule has 6 aromatic carbocycles. The van der Waals surface area contributed by atoms with Crippen LogP contribution in [-0.2, 0) is 0 Å². The number of fused-ring (bicyclic) bond motifs is 10. The molecule has 51 heavy (non-hydrogen) atoms. The van der Waals surface area contributed by atoms with Crippen molar-refractivity contribution >= 4 is 90.4 Å². The van der Waals surface area contributed by atoms with Crippen LogP contribution < -0.4 is 0 Å². The Morgan fingerprint density at radius 2 is 1.16 bits per heavy atom. The molecule has 0 unspecified atom stereocenters. The fourth-order valence-corrected chi connectivity index (χ4v) is 10.4. The van der Waals surface area contributed by atoms with Gasteiger partial charge in [-0.05, 0) is 48.7 Å². The highest BCUT2D eigenvalue weighted by Crippen LogP contribution is 2.47. The summed E-state index contributed by atoms with van der Waals surface area (Å²) in [6.07, 6.45) is 8.36. The molecule has 6 heteroatoms. The van der Waals surface area contributed by atoms with Crippen LogP contribution in [0.2, 0.25) is 0 Å². The third kappa shape index (κ3) is 4.47. The Morgan fingerprint density at radius 3 is 1.94 bits per heavy atom. The molecule has 4 nitrogen and oxygen atoms in total. The maximum absolute atomic E-state index is 5.13. The van der Waals surface area contributed by atoms with E-state index in [1.165, 1.54) is 67.8 Å². The van der Waals surface area contributed by atoms with E-state index < -0.39 is 0 Å². The van der Waals surface area contributed by atoms with Crippen LogP contribution in [-0.4, -0.2) is 19.5 Å². The molecule has 1 aliphatic carbocycles. The normalized spacial score (nSPS) is 13.4. The van der Waals surface area contributed by atoms with Crippen LogP contribution in [0.5, 0.6) is 0 Å². The Balaban J connectivity index is 1.11. The van der Waals surface area contributed by atoms with Crippen molar-refractivity contribution in [2.24, 2.45) is 0 Å². The summed E-state index contributed by atoms with van der Waals surface area (Å²) in [7, 11) is 0. The summed E-state index contributed by atoms with van der Waals surface area (Å²) in [4.78, 5) is 15.2. The van der Waals surface area contributed by atoms with Crippen molar-refractivity contribution < 1.29 is 0 Å². The standard InChI is InChI=1S/C45H28N4S2/c1-3-12-27(13-4-1)43-46-44(28-14-5-2-6-15-28)48-45(47-43)36-19-11-18-33-35-25-24-34-32-23-22-29(26-39(32)50-41(34)42(35)51-40(33)36)49-37-20-9-7-16-30(37)31-17-8-10-21-38(31)49/h1-5,7-14,16-26H,6,15H2. The fraction of sp³-hybridized carbons (Fsp3) is 0.0444. The van der Waals surface area contributed by atoms with Gasteiger partial charge in [0.1, 0.15) is 0 Å². The Kier molecular flexibility index (Phi) is 6.38. The summed E-state index contributed by atoms with van der Waals surface area (Å²) in [6.45, 7) is 0. The lowest BCUT2D eigenvalue weighted by Crippen LogP contribution is -2.03. The monoisotopic (exact) mass is 688 g/mol. The van der Waals surface area contributed by atoms with E-state index in [9.17, 15) is 0 Å². The number of thiophene rings is 2. The molecule has 10 aromatic rings. The number of hydrogen-bond donors (Lipinski definition) is 0. The minimum atomic E-state index is 0.704. The predicted molar refractivity (Wildman–Crippen MR) is 217 cm³/mol. The minimum absolute atomic E-state index is 0.704. The lowest BCUT2D eigenvalue weighted by atomic mass is 10.0. The lowest BCUT2D eigenvalue weighted by molar-refractivity contribution is 0.979. The first-order valence-corrected chi connectivity index (χ1v) is 18.9. The van der Waals surface area contributed by atoms with E-state index in [4.69, 9.17) is 15.0 Å². The highest BCUT2D eigenvalue weighted by molar-refractivity contribution is 7.33. The van der Waals surface area contributed by atoms with Crippen molar-refractivity contribution in [3.05, 3.63) is 151 Å². The van der Waals surface area contributed by atoms with E-state index in [1.807, 2.05) is 40.9 Å².